The van der Waals surface area contributed by atoms with Gasteiger partial charge in [-0.25, -0.2) is 4.99 Å². The summed E-state index contributed by atoms with van der Waals surface area (Å²) in [5.41, 5.74) is -8.55. The van der Waals surface area contributed by atoms with E-state index in [2.05, 4.69) is 4.99 Å². The maximum Gasteiger partial charge on any atom is 0.423 e. The highest BCUT2D eigenvalue weighted by Crippen LogP contribution is 2.68. The van der Waals surface area contributed by atoms with Crippen molar-refractivity contribution in [2.45, 2.75) is 44.9 Å². The van der Waals surface area contributed by atoms with Crippen LogP contribution in [0.25, 0.3) is 0 Å². The summed E-state index contributed by atoms with van der Waals surface area (Å²) in [5.74, 6) is -0.0586. The van der Waals surface area contributed by atoms with Gasteiger partial charge in [0.2, 0.25) is 0 Å². The molecule has 3 nitrogen and oxygen atoms in total. The minimum Gasteiger partial charge on any atom is -0.298 e. The Kier molecular flexibility index (Phi) is 4.01. The van der Waals surface area contributed by atoms with E-state index in [1.807, 2.05) is 0 Å². The van der Waals surface area contributed by atoms with Crippen molar-refractivity contribution in [1.82, 2.24) is 0 Å². The van der Waals surface area contributed by atoms with Gasteiger partial charge in [-0.3, -0.25) is 4.79 Å². The minimum absolute atomic E-state index is 0.330. The second-order valence-electron chi connectivity index (χ2n) is 7.12. The molecule has 1 aliphatic heterocycles. The second kappa shape index (κ2) is 5.04. The van der Waals surface area contributed by atoms with E-state index in [1.54, 1.807) is 0 Å². The molecule has 0 unspecified atom stereocenters. The molecule has 0 aromatic heterocycles. The van der Waals surface area contributed by atoms with Gasteiger partial charge >= 0.3 is 12.4 Å². The zero-order chi connectivity index (χ0) is 19.7. The van der Waals surface area contributed by atoms with Gasteiger partial charge in [0.25, 0.3) is 0 Å². The van der Waals surface area contributed by atoms with Crippen molar-refractivity contribution in [3.63, 3.8) is 0 Å². The first kappa shape index (κ1) is 19.9. The summed E-state index contributed by atoms with van der Waals surface area (Å²) in [7, 11) is 0. The van der Waals surface area contributed by atoms with Crippen molar-refractivity contribution in [1.29, 1.82) is 5.26 Å². The fourth-order valence-electron chi connectivity index (χ4n) is 3.68. The fraction of sp³-hybridized carbons (Fsp3) is 0.733. The Bertz CT molecular complexity index is 719. The van der Waals surface area contributed by atoms with Crippen LogP contribution in [0.15, 0.2) is 10.6 Å². The van der Waals surface area contributed by atoms with Gasteiger partial charge in [0, 0.05) is 5.75 Å². The molecule has 0 bridgehead atoms. The average Bonchev–Trinajstić information content (AvgIpc) is 2.64. The quantitative estimate of drug-likeness (QED) is 0.586. The number of nitrogens with zero attached hydrogens (tertiary/aromatic N) is 2. The number of hydrogen-bond acceptors (Lipinski definition) is 4. The Morgan fingerprint density at radius 3 is 1.96 bits per heavy atom. The lowest BCUT2D eigenvalue weighted by Crippen LogP contribution is -2.71. The highest BCUT2D eigenvalue weighted by molar-refractivity contribution is 8.01. The minimum atomic E-state index is -5.48. The topological polar surface area (TPSA) is 53.2 Å². The third kappa shape index (κ3) is 2.21. The maximum atomic E-state index is 13.5. The second-order valence-corrected chi connectivity index (χ2v) is 8.29. The number of carbonyl (C=O) groups excluding carboxylic acids is 1. The van der Waals surface area contributed by atoms with E-state index in [0.29, 0.717) is 11.8 Å². The van der Waals surface area contributed by atoms with Gasteiger partial charge in [0.05, 0.1) is 16.9 Å². The largest absolute Gasteiger partial charge is 0.423 e. The number of halogens is 6. The number of thioether (sulfide) groups is 1. The van der Waals surface area contributed by atoms with Crippen LogP contribution in [0.3, 0.4) is 0 Å². The molecule has 1 heterocycles. The molecule has 2 rings (SSSR count). The SMILES string of the molecule is CC1(C)C(=O)C(C)(C)C12N=C=C(C(F)(F)F)[C@@](C#N)(C(F)(F)F)CS2. The number of ketones is 1. The Balaban J connectivity index is 2.78. The Morgan fingerprint density at radius 1 is 1.12 bits per heavy atom. The highest BCUT2D eigenvalue weighted by atomic mass is 32.2. The molecule has 1 aliphatic carbocycles. The van der Waals surface area contributed by atoms with E-state index < -0.39 is 44.8 Å². The van der Waals surface area contributed by atoms with Gasteiger partial charge in [-0.1, -0.05) is 0 Å². The van der Waals surface area contributed by atoms with Crippen molar-refractivity contribution in [3.8, 4) is 6.07 Å². The molecule has 1 saturated carbocycles. The van der Waals surface area contributed by atoms with E-state index in [9.17, 15) is 31.1 Å². The monoisotopic (exact) mass is 384 g/mol. The van der Waals surface area contributed by atoms with Gasteiger partial charge in [-0.05, 0) is 33.6 Å². The number of Topliss-reactive ketones (excluding diaryl/α,β-unsaturated/α-hetero) is 1. The van der Waals surface area contributed by atoms with Crippen LogP contribution in [0.5, 0.6) is 0 Å². The van der Waals surface area contributed by atoms with E-state index >= 15 is 0 Å². The average molecular weight is 384 g/mol. The van der Waals surface area contributed by atoms with E-state index in [0.717, 1.165) is 6.07 Å². The van der Waals surface area contributed by atoms with E-state index in [1.165, 1.54) is 33.6 Å². The molecule has 0 amide bonds. The van der Waals surface area contributed by atoms with Crippen LogP contribution in [0.4, 0.5) is 26.3 Å². The van der Waals surface area contributed by atoms with Gasteiger partial charge in [-0.2, -0.15) is 31.6 Å². The van der Waals surface area contributed by atoms with Crippen molar-refractivity contribution in [2.24, 2.45) is 21.2 Å². The summed E-state index contributed by atoms with van der Waals surface area (Å²) in [4.78, 5) is 14.4. The first-order valence-corrected chi connectivity index (χ1v) is 8.09. The first-order chi connectivity index (χ1) is 11.0. The molecule has 1 atom stereocenters. The van der Waals surface area contributed by atoms with Gasteiger partial charge in [0.1, 0.15) is 10.4 Å². The van der Waals surface area contributed by atoms with Crippen LogP contribution in [0, 0.1) is 27.6 Å². The highest BCUT2D eigenvalue weighted by Gasteiger charge is 2.76. The van der Waals surface area contributed by atoms with Crippen LogP contribution in [-0.2, 0) is 4.79 Å². The molecule has 0 saturated heterocycles. The van der Waals surface area contributed by atoms with E-state index in [4.69, 9.17) is 5.26 Å². The van der Waals surface area contributed by atoms with Crippen molar-refractivity contribution >= 4 is 23.4 Å². The molecule has 138 valence electrons. The number of rotatable bonds is 0. The van der Waals surface area contributed by atoms with Crippen LogP contribution in [0.2, 0.25) is 0 Å². The van der Waals surface area contributed by atoms with Crippen molar-refractivity contribution in [3.05, 3.63) is 5.57 Å². The van der Waals surface area contributed by atoms with Gasteiger partial charge in [0.15, 0.2) is 11.2 Å². The molecule has 0 aromatic rings. The fourth-order valence-corrected chi connectivity index (χ4v) is 5.49. The number of nitriles is 1. The molecule has 0 aromatic carbocycles. The standard InChI is InChI=1S/C15H14F6N2OS/c1-10(2)9(24)11(3,4)14(10)23-5-8(13(16,17)18)12(6-22,7-25-14)15(19,20)21/h7H2,1-4H3/t12-/m0/s1. The predicted molar refractivity (Wildman–Crippen MR) is 78.9 cm³/mol. The molecule has 2 aliphatic rings. The predicted octanol–water partition coefficient (Wildman–Crippen LogP) is 4.30. The lowest BCUT2D eigenvalue weighted by atomic mass is 9.50. The number of hydrogen-bond donors (Lipinski definition) is 0. The van der Waals surface area contributed by atoms with Crippen molar-refractivity contribution < 1.29 is 31.1 Å². The Morgan fingerprint density at radius 2 is 1.60 bits per heavy atom. The zero-order valence-corrected chi connectivity index (χ0v) is 14.5. The number of allylic oxidation sites excluding steroid dienone is 1. The number of alkyl halides is 6. The summed E-state index contributed by atoms with van der Waals surface area (Å²) >= 11 is 0.456. The molecule has 0 N–H and O–H groups in total. The lowest BCUT2D eigenvalue weighted by Gasteiger charge is -2.61. The normalized spacial score (nSPS) is 30.3. The molecule has 1 fully saturated rings. The molecule has 25 heavy (non-hydrogen) atoms. The Labute approximate surface area is 144 Å². The zero-order valence-electron chi connectivity index (χ0n) is 13.7. The van der Waals surface area contributed by atoms with Gasteiger partial charge in [-0.15, -0.1) is 11.8 Å². The van der Waals surface area contributed by atoms with E-state index in [-0.39, 0.29) is 5.78 Å². The third-order valence-electron chi connectivity index (χ3n) is 5.04. The summed E-state index contributed by atoms with van der Waals surface area (Å²) in [6.07, 6.45) is -10.9. The molecule has 1 spiro atoms. The van der Waals surface area contributed by atoms with Crippen LogP contribution in [-0.4, -0.2) is 34.6 Å². The summed E-state index contributed by atoms with van der Waals surface area (Å²) < 4.78 is 80.3. The molecule has 10 heteroatoms. The summed E-state index contributed by atoms with van der Waals surface area (Å²) in [6.45, 7) is 5.66. The van der Waals surface area contributed by atoms with Crippen LogP contribution < -0.4 is 0 Å². The van der Waals surface area contributed by atoms with Gasteiger partial charge < -0.3 is 0 Å². The Hall–Kier alpha value is -1.46. The smallest absolute Gasteiger partial charge is 0.298 e. The number of carbonyl (C=O) groups is 1. The summed E-state index contributed by atoms with van der Waals surface area (Å²) in [6, 6.07) is 0.796. The maximum absolute atomic E-state index is 13.5. The van der Waals surface area contributed by atoms with Crippen LogP contribution >= 0.6 is 11.8 Å². The molecular weight excluding hydrogens is 370 g/mol. The molecule has 0 radical (unpaired) electrons. The third-order valence-corrected chi connectivity index (χ3v) is 7.14. The molecular formula is C15H14F6N2OS. The summed E-state index contributed by atoms with van der Waals surface area (Å²) in [5, 5.41) is 9.06. The lowest BCUT2D eigenvalue weighted by molar-refractivity contribution is -0.202. The first-order valence-electron chi connectivity index (χ1n) is 7.11. The number of aliphatic imine (C=N–C) groups is 1. The van der Waals surface area contributed by atoms with Crippen molar-refractivity contribution in [2.75, 3.05) is 5.75 Å². The van der Waals surface area contributed by atoms with Crippen LogP contribution in [0.1, 0.15) is 27.7 Å².